The van der Waals surface area contributed by atoms with E-state index in [4.69, 9.17) is 10.2 Å². The van der Waals surface area contributed by atoms with Gasteiger partial charge in [-0.2, -0.15) is 0 Å². The first-order valence-corrected chi connectivity index (χ1v) is 7.17. The van der Waals surface area contributed by atoms with Crippen LogP contribution in [0.4, 0.5) is 0 Å². The summed E-state index contributed by atoms with van der Waals surface area (Å²) in [6, 6.07) is 9.01. The average Bonchev–Trinajstić information content (AvgIpc) is 2.51. The number of carbonyl (C=O) groups is 4. The maximum absolute atomic E-state index is 12.9. The van der Waals surface area contributed by atoms with Gasteiger partial charge in [-0.15, -0.1) is 0 Å². The molecule has 0 aromatic heterocycles. The van der Waals surface area contributed by atoms with Gasteiger partial charge in [-0.05, 0) is 11.1 Å². The van der Waals surface area contributed by atoms with Crippen molar-refractivity contribution in [1.29, 1.82) is 0 Å². The molecule has 0 saturated heterocycles. The lowest BCUT2D eigenvalue weighted by Crippen LogP contribution is -2.25. The van der Waals surface area contributed by atoms with Crippen molar-refractivity contribution in [2.75, 3.05) is 0 Å². The first-order chi connectivity index (χ1) is 11.4. The smallest absolute Gasteiger partial charge is 0.307 e. The normalized spacial score (nSPS) is 12.5. The van der Waals surface area contributed by atoms with Crippen molar-refractivity contribution >= 4 is 23.5 Å². The molecule has 0 atom stereocenters. The van der Waals surface area contributed by atoms with E-state index in [1.54, 1.807) is 0 Å². The minimum Gasteiger partial charge on any atom is -0.481 e. The summed E-state index contributed by atoms with van der Waals surface area (Å²) >= 11 is 0. The number of carboxylic acid groups (broad SMARTS) is 2. The molecule has 2 N–H and O–H groups in total. The first kappa shape index (κ1) is 15.6. The summed E-state index contributed by atoms with van der Waals surface area (Å²) in [4.78, 5) is 47.7. The molecule has 0 radical (unpaired) electrons. The lowest BCUT2D eigenvalue weighted by Gasteiger charge is -2.21. The lowest BCUT2D eigenvalue weighted by molar-refractivity contribution is -0.137. The SMILES string of the molecule is O=C(O)Cc1cccc2c1C(=O)c1c(CC(=O)O)cccc1C2=O. The van der Waals surface area contributed by atoms with Crippen LogP contribution in [-0.2, 0) is 22.4 Å². The van der Waals surface area contributed by atoms with Crippen LogP contribution < -0.4 is 0 Å². The highest BCUT2D eigenvalue weighted by molar-refractivity contribution is 6.29. The van der Waals surface area contributed by atoms with Crippen molar-refractivity contribution in [2.24, 2.45) is 0 Å². The molecule has 3 rings (SSSR count). The van der Waals surface area contributed by atoms with E-state index in [1.165, 1.54) is 36.4 Å². The number of benzene rings is 2. The van der Waals surface area contributed by atoms with Crippen molar-refractivity contribution in [1.82, 2.24) is 0 Å². The van der Waals surface area contributed by atoms with Crippen LogP contribution in [0.25, 0.3) is 0 Å². The standard InChI is InChI=1S/C18H12O6/c19-13(20)7-9-3-1-5-11-15(9)18(24)16-10(8-14(21)22)4-2-6-12(16)17(11)23/h1-6H,7-8H2,(H,19,20)(H,21,22). The summed E-state index contributed by atoms with van der Waals surface area (Å²) in [5, 5.41) is 18.0. The van der Waals surface area contributed by atoms with Crippen molar-refractivity contribution in [3.63, 3.8) is 0 Å². The summed E-state index contributed by atoms with van der Waals surface area (Å²) < 4.78 is 0. The molecule has 0 spiro atoms. The molecule has 0 bridgehead atoms. The van der Waals surface area contributed by atoms with Gasteiger partial charge in [0.25, 0.3) is 0 Å². The summed E-state index contributed by atoms with van der Waals surface area (Å²) in [5.41, 5.74) is 0.895. The highest BCUT2D eigenvalue weighted by atomic mass is 16.4. The van der Waals surface area contributed by atoms with Crippen LogP contribution in [0, 0.1) is 0 Å². The van der Waals surface area contributed by atoms with Gasteiger partial charge in [0, 0.05) is 22.3 Å². The summed E-state index contributed by atoms with van der Waals surface area (Å²) in [6.45, 7) is 0. The van der Waals surface area contributed by atoms with Crippen LogP contribution in [-0.4, -0.2) is 33.7 Å². The van der Waals surface area contributed by atoms with E-state index >= 15 is 0 Å². The number of ketones is 2. The third kappa shape index (κ3) is 2.48. The lowest BCUT2D eigenvalue weighted by atomic mass is 9.79. The number of rotatable bonds is 4. The fourth-order valence-corrected chi connectivity index (χ4v) is 3.01. The van der Waals surface area contributed by atoms with E-state index in [1.807, 2.05) is 0 Å². The van der Waals surface area contributed by atoms with Crippen molar-refractivity contribution < 1.29 is 29.4 Å². The second-order valence-electron chi connectivity index (χ2n) is 5.48. The first-order valence-electron chi connectivity index (χ1n) is 7.17. The minimum atomic E-state index is -1.12. The molecule has 0 aliphatic heterocycles. The zero-order valence-electron chi connectivity index (χ0n) is 12.4. The van der Waals surface area contributed by atoms with E-state index in [0.717, 1.165) is 0 Å². The van der Waals surface area contributed by atoms with Gasteiger partial charge in [0.2, 0.25) is 0 Å². The summed E-state index contributed by atoms with van der Waals surface area (Å²) in [6.07, 6.45) is -0.781. The van der Waals surface area contributed by atoms with Gasteiger partial charge >= 0.3 is 11.9 Å². The van der Waals surface area contributed by atoms with Gasteiger partial charge in [0.1, 0.15) is 0 Å². The summed E-state index contributed by atoms with van der Waals surface area (Å²) in [7, 11) is 0. The molecular weight excluding hydrogens is 312 g/mol. The number of hydrogen-bond acceptors (Lipinski definition) is 4. The van der Waals surface area contributed by atoms with E-state index in [-0.39, 0.29) is 33.4 Å². The molecule has 2 aromatic rings. The Morgan fingerprint density at radius 2 is 1.12 bits per heavy atom. The number of aliphatic carboxylic acids is 2. The van der Waals surface area contributed by atoms with E-state index < -0.39 is 36.3 Å². The van der Waals surface area contributed by atoms with E-state index in [0.29, 0.717) is 0 Å². The number of fused-ring (bicyclic) bond motifs is 2. The Labute approximate surface area is 136 Å². The molecule has 1 aliphatic rings. The molecular formula is C18H12O6. The molecule has 6 nitrogen and oxygen atoms in total. The van der Waals surface area contributed by atoms with Crippen LogP contribution in [0.3, 0.4) is 0 Å². The number of hydrogen-bond donors (Lipinski definition) is 2. The molecule has 0 fully saturated rings. The highest BCUT2D eigenvalue weighted by Crippen LogP contribution is 2.32. The monoisotopic (exact) mass is 324 g/mol. The van der Waals surface area contributed by atoms with Crippen LogP contribution in [0.1, 0.15) is 43.0 Å². The number of carboxylic acids is 2. The Bertz CT molecular complexity index is 838. The van der Waals surface area contributed by atoms with Gasteiger partial charge < -0.3 is 10.2 Å². The van der Waals surface area contributed by atoms with Crippen molar-refractivity contribution in [3.05, 3.63) is 69.8 Å². The average molecular weight is 324 g/mol. The largest absolute Gasteiger partial charge is 0.481 e. The molecule has 0 amide bonds. The minimum absolute atomic E-state index is 0.0511. The molecule has 6 heteroatoms. The fraction of sp³-hybridized carbons (Fsp3) is 0.111. The molecule has 24 heavy (non-hydrogen) atoms. The predicted octanol–water partition coefficient (Wildman–Crippen LogP) is 1.72. The predicted molar refractivity (Wildman–Crippen MR) is 82.4 cm³/mol. The molecule has 2 aromatic carbocycles. The molecule has 0 heterocycles. The molecule has 0 unspecified atom stereocenters. The van der Waals surface area contributed by atoms with Gasteiger partial charge in [-0.1, -0.05) is 36.4 Å². The van der Waals surface area contributed by atoms with Gasteiger partial charge in [0.15, 0.2) is 11.6 Å². The maximum Gasteiger partial charge on any atom is 0.307 e. The Kier molecular flexibility index (Phi) is 3.73. The Morgan fingerprint density at radius 3 is 1.50 bits per heavy atom. The number of carbonyl (C=O) groups excluding carboxylic acids is 2. The van der Waals surface area contributed by atoms with Crippen LogP contribution in [0.15, 0.2) is 36.4 Å². The molecule has 0 saturated carbocycles. The second-order valence-corrected chi connectivity index (χ2v) is 5.48. The topological polar surface area (TPSA) is 109 Å². The maximum atomic E-state index is 12.9. The van der Waals surface area contributed by atoms with Gasteiger partial charge in [0.05, 0.1) is 12.8 Å². The Balaban J connectivity index is 2.24. The van der Waals surface area contributed by atoms with Crippen molar-refractivity contribution in [2.45, 2.75) is 12.8 Å². The van der Waals surface area contributed by atoms with Gasteiger partial charge in [-0.3, -0.25) is 19.2 Å². The zero-order chi connectivity index (χ0) is 17.4. The molecule has 120 valence electrons. The Morgan fingerprint density at radius 1 is 0.708 bits per heavy atom. The van der Waals surface area contributed by atoms with Crippen LogP contribution >= 0.6 is 0 Å². The highest BCUT2D eigenvalue weighted by Gasteiger charge is 2.33. The second kappa shape index (κ2) is 5.73. The fourth-order valence-electron chi connectivity index (χ4n) is 3.01. The Hall–Kier alpha value is -3.28. The van der Waals surface area contributed by atoms with Crippen molar-refractivity contribution in [3.8, 4) is 0 Å². The molecule has 1 aliphatic carbocycles. The zero-order valence-corrected chi connectivity index (χ0v) is 12.4. The van der Waals surface area contributed by atoms with E-state index in [9.17, 15) is 19.2 Å². The third-order valence-electron chi connectivity index (χ3n) is 3.93. The van der Waals surface area contributed by atoms with E-state index in [2.05, 4.69) is 0 Å². The quantitative estimate of drug-likeness (QED) is 0.756. The van der Waals surface area contributed by atoms with Crippen LogP contribution in [0.5, 0.6) is 0 Å². The van der Waals surface area contributed by atoms with Gasteiger partial charge in [-0.25, -0.2) is 0 Å². The third-order valence-corrected chi connectivity index (χ3v) is 3.93. The van der Waals surface area contributed by atoms with Crippen LogP contribution in [0.2, 0.25) is 0 Å². The summed E-state index contributed by atoms with van der Waals surface area (Å²) in [5.74, 6) is -3.14.